The first-order chi connectivity index (χ1) is 7.65. The van der Waals surface area contributed by atoms with Crippen LogP contribution in [0.3, 0.4) is 0 Å². The Morgan fingerprint density at radius 3 is 2.50 bits per heavy atom. The average molecular weight is 221 g/mol. The number of rotatable bonds is 6. The molecule has 3 heteroatoms. The maximum atomic E-state index is 10.9. The van der Waals surface area contributed by atoms with Crippen molar-refractivity contribution in [1.29, 1.82) is 0 Å². The lowest BCUT2D eigenvalue weighted by Gasteiger charge is -2.29. The molecule has 0 amide bonds. The van der Waals surface area contributed by atoms with Crippen molar-refractivity contribution in [2.24, 2.45) is 0 Å². The van der Waals surface area contributed by atoms with Crippen LogP contribution >= 0.6 is 0 Å². The minimum Gasteiger partial charge on any atom is -0.480 e. The van der Waals surface area contributed by atoms with Gasteiger partial charge in [0.05, 0.1) is 0 Å². The average Bonchev–Trinajstić information content (AvgIpc) is 2.27. The van der Waals surface area contributed by atoms with Crippen LogP contribution in [0.2, 0.25) is 0 Å². The molecule has 1 aromatic rings. The predicted octanol–water partition coefficient (Wildman–Crippen LogP) is 2.77. The van der Waals surface area contributed by atoms with Gasteiger partial charge in [0, 0.05) is 11.7 Å². The summed E-state index contributed by atoms with van der Waals surface area (Å²) >= 11 is 0. The standard InChI is InChI=1S/C13H19NO2/c1-3-7-11(2)14(10-13(15)16)12-8-5-4-6-9-12/h4-6,8-9,11H,3,7,10H2,1-2H3,(H,15,16). The van der Waals surface area contributed by atoms with E-state index in [1.165, 1.54) is 0 Å². The molecule has 88 valence electrons. The van der Waals surface area contributed by atoms with Gasteiger partial charge < -0.3 is 10.0 Å². The largest absolute Gasteiger partial charge is 0.480 e. The van der Waals surface area contributed by atoms with Crippen molar-refractivity contribution in [3.8, 4) is 0 Å². The van der Waals surface area contributed by atoms with Crippen LogP contribution in [0.15, 0.2) is 30.3 Å². The van der Waals surface area contributed by atoms with Gasteiger partial charge in [0.25, 0.3) is 0 Å². The van der Waals surface area contributed by atoms with E-state index in [0.29, 0.717) is 0 Å². The molecule has 0 aliphatic heterocycles. The normalized spacial score (nSPS) is 12.1. The summed E-state index contributed by atoms with van der Waals surface area (Å²) in [4.78, 5) is 12.8. The second-order valence-corrected chi connectivity index (χ2v) is 3.99. The van der Waals surface area contributed by atoms with Crippen LogP contribution in [0.25, 0.3) is 0 Å². The molecular formula is C13H19NO2. The van der Waals surface area contributed by atoms with Crippen LogP contribution in [0.5, 0.6) is 0 Å². The highest BCUT2D eigenvalue weighted by Gasteiger charge is 2.16. The number of benzene rings is 1. The van der Waals surface area contributed by atoms with Crippen molar-refractivity contribution in [2.75, 3.05) is 11.4 Å². The molecular weight excluding hydrogens is 202 g/mol. The monoisotopic (exact) mass is 221 g/mol. The lowest BCUT2D eigenvalue weighted by Crippen LogP contribution is -2.37. The molecule has 1 atom stereocenters. The van der Waals surface area contributed by atoms with Crippen LogP contribution < -0.4 is 4.90 Å². The zero-order chi connectivity index (χ0) is 12.0. The summed E-state index contributed by atoms with van der Waals surface area (Å²) in [6.07, 6.45) is 2.06. The smallest absolute Gasteiger partial charge is 0.323 e. The van der Waals surface area contributed by atoms with Crippen LogP contribution in [0.4, 0.5) is 5.69 Å². The van der Waals surface area contributed by atoms with Crippen LogP contribution in [-0.2, 0) is 4.79 Å². The maximum absolute atomic E-state index is 10.9. The van der Waals surface area contributed by atoms with Crippen LogP contribution in [0.1, 0.15) is 26.7 Å². The van der Waals surface area contributed by atoms with Gasteiger partial charge in [0.15, 0.2) is 0 Å². The quantitative estimate of drug-likeness (QED) is 0.803. The molecule has 0 heterocycles. The van der Waals surface area contributed by atoms with Gasteiger partial charge in [-0.1, -0.05) is 31.5 Å². The van der Waals surface area contributed by atoms with Gasteiger partial charge in [0.2, 0.25) is 0 Å². The number of nitrogens with zero attached hydrogens (tertiary/aromatic N) is 1. The first-order valence-electron chi connectivity index (χ1n) is 5.68. The number of para-hydroxylation sites is 1. The van der Waals surface area contributed by atoms with Crippen molar-refractivity contribution < 1.29 is 9.90 Å². The number of hydrogen-bond acceptors (Lipinski definition) is 2. The summed E-state index contributed by atoms with van der Waals surface area (Å²) in [5, 5.41) is 8.92. The van der Waals surface area contributed by atoms with Gasteiger partial charge in [-0.3, -0.25) is 4.79 Å². The van der Waals surface area contributed by atoms with Crippen molar-refractivity contribution in [2.45, 2.75) is 32.7 Å². The Kier molecular flexibility index (Phi) is 4.83. The Morgan fingerprint density at radius 2 is 2.00 bits per heavy atom. The molecule has 0 aromatic heterocycles. The van der Waals surface area contributed by atoms with E-state index in [2.05, 4.69) is 13.8 Å². The van der Waals surface area contributed by atoms with E-state index in [9.17, 15) is 4.79 Å². The molecule has 3 nitrogen and oxygen atoms in total. The van der Waals surface area contributed by atoms with Crippen molar-refractivity contribution in [3.05, 3.63) is 30.3 Å². The van der Waals surface area contributed by atoms with Crippen LogP contribution in [-0.4, -0.2) is 23.7 Å². The molecule has 0 aliphatic rings. The number of carboxylic acid groups (broad SMARTS) is 1. The fraction of sp³-hybridized carbons (Fsp3) is 0.462. The number of anilines is 1. The molecule has 0 saturated heterocycles. The van der Waals surface area contributed by atoms with E-state index >= 15 is 0 Å². The van der Waals surface area contributed by atoms with Crippen molar-refractivity contribution >= 4 is 11.7 Å². The second kappa shape index (κ2) is 6.16. The van der Waals surface area contributed by atoms with Gasteiger partial charge in [-0.25, -0.2) is 0 Å². The molecule has 1 N–H and O–H groups in total. The minimum absolute atomic E-state index is 0.0607. The third-order valence-corrected chi connectivity index (χ3v) is 2.63. The van der Waals surface area contributed by atoms with Gasteiger partial charge in [-0.2, -0.15) is 0 Å². The highest BCUT2D eigenvalue weighted by molar-refractivity contribution is 5.73. The van der Waals surface area contributed by atoms with Crippen LogP contribution in [0, 0.1) is 0 Å². The minimum atomic E-state index is -0.785. The Bertz CT molecular complexity index is 324. The molecule has 1 rings (SSSR count). The molecule has 0 aliphatic carbocycles. The highest BCUT2D eigenvalue weighted by atomic mass is 16.4. The Hall–Kier alpha value is -1.51. The summed E-state index contributed by atoms with van der Waals surface area (Å²) in [7, 11) is 0. The molecule has 0 saturated carbocycles. The van der Waals surface area contributed by atoms with Crippen molar-refractivity contribution in [1.82, 2.24) is 0 Å². The van der Waals surface area contributed by atoms with Crippen molar-refractivity contribution in [3.63, 3.8) is 0 Å². The van der Waals surface area contributed by atoms with Gasteiger partial charge >= 0.3 is 5.97 Å². The Morgan fingerprint density at radius 1 is 1.38 bits per heavy atom. The molecule has 0 radical (unpaired) electrons. The van der Waals surface area contributed by atoms with Gasteiger partial charge in [0.1, 0.15) is 6.54 Å². The summed E-state index contributed by atoms with van der Waals surface area (Å²) in [6.45, 7) is 4.24. The molecule has 1 aromatic carbocycles. The summed E-state index contributed by atoms with van der Waals surface area (Å²) in [5.74, 6) is -0.785. The molecule has 16 heavy (non-hydrogen) atoms. The highest BCUT2D eigenvalue weighted by Crippen LogP contribution is 2.18. The summed E-state index contributed by atoms with van der Waals surface area (Å²) < 4.78 is 0. The van der Waals surface area contributed by atoms with E-state index in [0.717, 1.165) is 18.5 Å². The van der Waals surface area contributed by atoms with E-state index in [1.807, 2.05) is 35.2 Å². The molecule has 1 unspecified atom stereocenters. The lowest BCUT2D eigenvalue weighted by molar-refractivity contribution is -0.135. The molecule has 0 fully saturated rings. The van der Waals surface area contributed by atoms with E-state index in [1.54, 1.807) is 0 Å². The maximum Gasteiger partial charge on any atom is 0.323 e. The SMILES string of the molecule is CCCC(C)N(CC(=O)O)c1ccccc1. The number of aliphatic carboxylic acids is 1. The first kappa shape index (κ1) is 12.6. The van der Waals surface area contributed by atoms with E-state index < -0.39 is 5.97 Å². The predicted molar refractivity (Wildman–Crippen MR) is 65.8 cm³/mol. The van der Waals surface area contributed by atoms with E-state index in [-0.39, 0.29) is 12.6 Å². The molecule has 0 spiro atoms. The molecule has 0 bridgehead atoms. The number of carbonyl (C=O) groups is 1. The topological polar surface area (TPSA) is 40.5 Å². The second-order valence-electron chi connectivity index (χ2n) is 3.99. The third-order valence-electron chi connectivity index (χ3n) is 2.63. The fourth-order valence-corrected chi connectivity index (χ4v) is 1.84. The van der Waals surface area contributed by atoms with Gasteiger partial charge in [-0.15, -0.1) is 0 Å². The Balaban J connectivity index is 2.82. The van der Waals surface area contributed by atoms with Gasteiger partial charge in [-0.05, 0) is 25.5 Å². The summed E-state index contributed by atoms with van der Waals surface area (Å²) in [5.41, 5.74) is 0.978. The fourth-order valence-electron chi connectivity index (χ4n) is 1.84. The third kappa shape index (κ3) is 3.57. The zero-order valence-electron chi connectivity index (χ0n) is 9.89. The Labute approximate surface area is 96.7 Å². The lowest BCUT2D eigenvalue weighted by atomic mass is 10.1. The first-order valence-corrected chi connectivity index (χ1v) is 5.68. The van der Waals surface area contributed by atoms with E-state index in [4.69, 9.17) is 5.11 Å². The zero-order valence-corrected chi connectivity index (χ0v) is 9.89. The summed E-state index contributed by atoms with van der Waals surface area (Å²) in [6, 6.07) is 9.96. The number of hydrogen-bond donors (Lipinski definition) is 1. The number of carboxylic acids is 1.